The van der Waals surface area contributed by atoms with Crippen LogP contribution in [0.1, 0.15) is 16.5 Å². The van der Waals surface area contributed by atoms with Crippen molar-refractivity contribution in [3.05, 3.63) is 59.4 Å². The van der Waals surface area contributed by atoms with E-state index in [2.05, 4.69) is 5.32 Å². The van der Waals surface area contributed by atoms with Gasteiger partial charge in [0, 0.05) is 18.4 Å². The number of carbonyl (C=O) groups is 2. The van der Waals surface area contributed by atoms with Crippen molar-refractivity contribution in [2.24, 2.45) is 0 Å². The third-order valence-electron chi connectivity index (χ3n) is 4.12. The second-order valence-corrected chi connectivity index (χ2v) is 6.98. The summed E-state index contributed by atoms with van der Waals surface area (Å²) in [5.41, 5.74) is 2.60. The summed E-state index contributed by atoms with van der Waals surface area (Å²) in [5, 5.41) is 2.50. The molecule has 2 aromatic rings. The van der Waals surface area contributed by atoms with E-state index in [0.29, 0.717) is 22.7 Å². The monoisotopic (exact) mass is 374 g/mol. The Balaban J connectivity index is 1.84. The van der Waals surface area contributed by atoms with Crippen LogP contribution in [0.2, 0.25) is 0 Å². The molecule has 1 atom stereocenters. The van der Waals surface area contributed by atoms with Gasteiger partial charge >= 0.3 is 0 Å². The highest BCUT2D eigenvalue weighted by Gasteiger charge is 2.35. The van der Waals surface area contributed by atoms with Gasteiger partial charge in [-0.3, -0.25) is 14.5 Å². The number of halogens is 1. The molecule has 2 aromatic carbocycles. The number of rotatable bonds is 5. The summed E-state index contributed by atoms with van der Waals surface area (Å²) < 4.78 is 18.7. The summed E-state index contributed by atoms with van der Waals surface area (Å²) in [6.07, 6.45) is 0. The van der Waals surface area contributed by atoms with Crippen molar-refractivity contribution in [2.45, 2.75) is 12.3 Å². The maximum absolute atomic E-state index is 13.9. The summed E-state index contributed by atoms with van der Waals surface area (Å²) in [6, 6.07) is 12.0. The summed E-state index contributed by atoms with van der Waals surface area (Å²) in [7, 11) is 1.46. The summed E-state index contributed by atoms with van der Waals surface area (Å²) >= 11 is 1.50. The molecule has 1 aliphatic rings. The van der Waals surface area contributed by atoms with E-state index in [-0.39, 0.29) is 29.6 Å². The van der Waals surface area contributed by atoms with Crippen LogP contribution in [0.4, 0.5) is 15.8 Å². The smallest absolute Gasteiger partial charge is 0.250 e. The number of nitrogens with zero attached hydrogens (tertiary/aromatic N) is 1. The number of methoxy groups -OCH3 is 1. The minimum Gasteiger partial charge on any atom is -0.375 e. The average molecular weight is 374 g/mol. The number of carbonyl (C=O) groups excluding carboxylic acids is 2. The van der Waals surface area contributed by atoms with Crippen LogP contribution in [0.15, 0.2) is 42.5 Å². The predicted molar refractivity (Wildman–Crippen MR) is 101 cm³/mol. The predicted octanol–water partition coefficient (Wildman–Crippen LogP) is 3.50. The zero-order valence-electron chi connectivity index (χ0n) is 14.5. The number of nitrogens with one attached hydrogen (secondary N) is 1. The van der Waals surface area contributed by atoms with E-state index in [9.17, 15) is 14.0 Å². The molecular weight excluding hydrogens is 355 g/mol. The van der Waals surface area contributed by atoms with Crippen molar-refractivity contribution in [2.75, 3.05) is 29.7 Å². The van der Waals surface area contributed by atoms with Crippen LogP contribution in [-0.2, 0) is 14.3 Å². The minimum atomic E-state index is -0.331. The topological polar surface area (TPSA) is 58.6 Å². The number of benzene rings is 2. The Hall–Kier alpha value is -2.38. The lowest BCUT2D eigenvalue weighted by atomic mass is 10.1. The normalized spacial score (nSPS) is 16.8. The van der Waals surface area contributed by atoms with Gasteiger partial charge in [-0.1, -0.05) is 18.2 Å². The highest BCUT2D eigenvalue weighted by molar-refractivity contribution is 8.00. The van der Waals surface area contributed by atoms with E-state index in [1.54, 1.807) is 36.1 Å². The van der Waals surface area contributed by atoms with Crippen LogP contribution in [0, 0.1) is 12.7 Å². The largest absolute Gasteiger partial charge is 0.375 e. The summed E-state index contributed by atoms with van der Waals surface area (Å²) in [6.45, 7) is 1.66. The molecule has 0 unspecified atom stereocenters. The second-order valence-electron chi connectivity index (χ2n) is 5.91. The van der Waals surface area contributed by atoms with Gasteiger partial charge in [0.2, 0.25) is 11.8 Å². The second kappa shape index (κ2) is 7.88. The van der Waals surface area contributed by atoms with Gasteiger partial charge in [0.15, 0.2) is 0 Å². The Morgan fingerprint density at radius 3 is 2.73 bits per heavy atom. The molecule has 3 rings (SSSR count). The number of ether oxygens (including phenoxy) is 1. The summed E-state index contributed by atoms with van der Waals surface area (Å²) in [5.74, 6) is -0.275. The zero-order chi connectivity index (χ0) is 18.7. The van der Waals surface area contributed by atoms with Crippen molar-refractivity contribution >= 4 is 35.0 Å². The standard InChI is InChI=1S/C19H19FN2O3S/c1-12-15(20)4-3-5-16(12)22-18(24)11-26-19(22)13-6-8-14(9-7-13)21-17(23)10-25-2/h3-9,19H,10-11H2,1-2H3,(H,21,23)/t19-/m0/s1. The molecule has 2 amide bonds. The molecule has 136 valence electrons. The number of amides is 2. The molecule has 1 aliphatic heterocycles. The lowest BCUT2D eigenvalue weighted by Crippen LogP contribution is -2.28. The fraction of sp³-hybridized carbons (Fsp3) is 0.263. The van der Waals surface area contributed by atoms with Gasteiger partial charge in [0.1, 0.15) is 17.8 Å². The first kappa shape index (κ1) is 18.4. The van der Waals surface area contributed by atoms with Crippen LogP contribution in [0.25, 0.3) is 0 Å². The molecule has 0 aliphatic carbocycles. The number of thioether (sulfide) groups is 1. The molecule has 1 saturated heterocycles. The fourth-order valence-electron chi connectivity index (χ4n) is 2.85. The molecule has 7 heteroatoms. The maximum atomic E-state index is 13.9. The molecule has 1 fully saturated rings. The molecule has 5 nitrogen and oxygen atoms in total. The molecule has 0 aromatic heterocycles. The third kappa shape index (κ3) is 3.73. The third-order valence-corrected chi connectivity index (χ3v) is 5.33. The van der Waals surface area contributed by atoms with E-state index in [4.69, 9.17) is 4.74 Å². The van der Waals surface area contributed by atoms with Crippen LogP contribution in [-0.4, -0.2) is 31.3 Å². The van der Waals surface area contributed by atoms with Gasteiger partial charge in [-0.15, -0.1) is 11.8 Å². The number of anilines is 2. The minimum absolute atomic E-state index is 0.0125. The van der Waals surface area contributed by atoms with Crippen LogP contribution in [0.5, 0.6) is 0 Å². The van der Waals surface area contributed by atoms with E-state index in [1.807, 2.05) is 12.1 Å². The van der Waals surface area contributed by atoms with Crippen molar-refractivity contribution in [1.29, 1.82) is 0 Å². The molecule has 1 heterocycles. The molecule has 0 saturated carbocycles. The first-order chi connectivity index (χ1) is 12.5. The van der Waals surface area contributed by atoms with Gasteiger partial charge < -0.3 is 10.1 Å². The molecule has 1 N–H and O–H groups in total. The number of hydrogen-bond donors (Lipinski definition) is 1. The van der Waals surface area contributed by atoms with E-state index >= 15 is 0 Å². The molecular formula is C19H19FN2O3S. The van der Waals surface area contributed by atoms with Gasteiger partial charge in [0.25, 0.3) is 0 Å². The first-order valence-corrected chi connectivity index (χ1v) is 9.13. The Bertz CT molecular complexity index is 826. The average Bonchev–Trinajstić information content (AvgIpc) is 3.00. The van der Waals surface area contributed by atoms with Gasteiger partial charge in [-0.25, -0.2) is 4.39 Å². The van der Waals surface area contributed by atoms with Crippen molar-refractivity contribution in [3.8, 4) is 0 Å². The first-order valence-electron chi connectivity index (χ1n) is 8.09. The number of hydrogen-bond acceptors (Lipinski definition) is 4. The van der Waals surface area contributed by atoms with Crippen molar-refractivity contribution < 1.29 is 18.7 Å². The van der Waals surface area contributed by atoms with E-state index < -0.39 is 0 Å². The lowest BCUT2D eigenvalue weighted by molar-refractivity contribution is -0.119. The van der Waals surface area contributed by atoms with Crippen LogP contribution >= 0.6 is 11.8 Å². The van der Waals surface area contributed by atoms with Crippen molar-refractivity contribution in [1.82, 2.24) is 0 Å². The van der Waals surface area contributed by atoms with Gasteiger partial charge in [-0.2, -0.15) is 0 Å². The highest BCUT2D eigenvalue weighted by atomic mass is 32.2. The van der Waals surface area contributed by atoms with Crippen LogP contribution < -0.4 is 10.2 Å². The van der Waals surface area contributed by atoms with E-state index in [0.717, 1.165) is 5.56 Å². The van der Waals surface area contributed by atoms with Gasteiger partial charge in [0.05, 0.1) is 11.4 Å². The Morgan fingerprint density at radius 2 is 2.04 bits per heavy atom. The molecule has 26 heavy (non-hydrogen) atoms. The Morgan fingerprint density at radius 1 is 1.31 bits per heavy atom. The molecule has 0 spiro atoms. The van der Waals surface area contributed by atoms with Gasteiger partial charge in [-0.05, 0) is 36.8 Å². The highest BCUT2D eigenvalue weighted by Crippen LogP contribution is 2.43. The molecule has 0 bridgehead atoms. The van der Waals surface area contributed by atoms with E-state index in [1.165, 1.54) is 24.9 Å². The summed E-state index contributed by atoms with van der Waals surface area (Å²) in [4.78, 5) is 25.6. The molecule has 0 radical (unpaired) electrons. The SMILES string of the molecule is COCC(=O)Nc1ccc([C@@H]2SCC(=O)N2c2cccc(F)c2C)cc1. The van der Waals surface area contributed by atoms with Crippen LogP contribution in [0.3, 0.4) is 0 Å². The Labute approximate surface area is 155 Å². The quantitative estimate of drug-likeness (QED) is 0.870. The van der Waals surface area contributed by atoms with Crippen molar-refractivity contribution in [3.63, 3.8) is 0 Å². The lowest BCUT2D eigenvalue weighted by Gasteiger charge is -2.26. The zero-order valence-corrected chi connectivity index (χ0v) is 15.3. The Kier molecular flexibility index (Phi) is 5.58. The fourth-order valence-corrected chi connectivity index (χ4v) is 4.02. The maximum Gasteiger partial charge on any atom is 0.250 e.